The Balaban J connectivity index is 2.11. The summed E-state index contributed by atoms with van der Waals surface area (Å²) in [6.07, 6.45) is 1.23. The van der Waals surface area contributed by atoms with E-state index in [1.165, 1.54) is 17.4 Å². The lowest BCUT2D eigenvalue weighted by atomic mass is 10.0. The molecule has 0 radical (unpaired) electrons. The van der Waals surface area contributed by atoms with Gasteiger partial charge in [0.05, 0.1) is 13.8 Å². The summed E-state index contributed by atoms with van der Waals surface area (Å²) in [4.78, 5) is 4.33. The molecule has 2 nitrogen and oxygen atoms in total. The molecule has 0 N–H and O–H groups in total. The summed E-state index contributed by atoms with van der Waals surface area (Å²) in [5.74, 6) is 0. The van der Waals surface area contributed by atoms with Crippen molar-refractivity contribution in [2.45, 2.75) is 33.3 Å². The summed E-state index contributed by atoms with van der Waals surface area (Å²) in [6.45, 7) is 1.78. The lowest BCUT2D eigenvalue weighted by molar-refractivity contribution is 0.670. The van der Waals surface area contributed by atoms with E-state index < -0.39 is 21.8 Å². The Bertz CT molecular complexity index is 1300. The molecular formula is C22H23NOSi. The van der Waals surface area contributed by atoms with Crippen LogP contribution in [-0.2, 0) is 0 Å². The first kappa shape index (κ1) is 10.6. The first-order valence-corrected chi connectivity index (χ1v) is 11.7. The van der Waals surface area contributed by atoms with Gasteiger partial charge in [-0.05, 0) is 42.2 Å². The molecule has 0 amide bonds. The molecule has 2 aromatic carbocycles. The second kappa shape index (κ2) is 5.56. The summed E-state index contributed by atoms with van der Waals surface area (Å²) in [7, 11) is -1.75. The Morgan fingerprint density at radius 2 is 1.88 bits per heavy atom. The minimum Gasteiger partial charge on any atom is -0.455 e. The quantitative estimate of drug-likeness (QED) is 0.426. The van der Waals surface area contributed by atoms with Crippen molar-refractivity contribution in [1.82, 2.24) is 4.98 Å². The van der Waals surface area contributed by atoms with Crippen molar-refractivity contribution < 1.29 is 12.6 Å². The fourth-order valence-electron chi connectivity index (χ4n) is 3.32. The number of furan rings is 1. The van der Waals surface area contributed by atoms with Gasteiger partial charge in [0.15, 0.2) is 0 Å². The SMILES string of the molecule is [2H]C([2H])([2H])c1cnc(-c2ccc([Si](C)(C)C)c3c2oc2ccccc23)c(C([2H])([2H])[2H])c1. The summed E-state index contributed by atoms with van der Waals surface area (Å²) in [5.41, 5.74) is 1.89. The third-order valence-electron chi connectivity index (χ3n) is 4.48. The third-order valence-corrected chi connectivity index (χ3v) is 6.51. The van der Waals surface area contributed by atoms with Gasteiger partial charge in [-0.2, -0.15) is 0 Å². The average molecular weight is 352 g/mol. The number of pyridine rings is 1. The molecular weight excluding hydrogens is 322 g/mol. The van der Waals surface area contributed by atoms with Crippen molar-refractivity contribution in [3.05, 3.63) is 59.8 Å². The van der Waals surface area contributed by atoms with Crippen LogP contribution in [0.5, 0.6) is 0 Å². The Hall–Kier alpha value is -2.39. The van der Waals surface area contributed by atoms with Crippen molar-refractivity contribution in [3.63, 3.8) is 0 Å². The number of hydrogen-bond acceptors (Lipinski definition) is 2. The van der Waals surface area contributed by atoms with Gasteiger partial charge in [-0.25, -0.2) is 0 Å². The number of nitrogens with zero attached hydrogens (tertiary/aromatic N) is 1. The molecule has 2 aromatic heterocycles. The zero-order valence-electron chi connectivity index (χ0n) is 20.5. The predicted octanol–water partition coefficient (Wildman–Crippen LogP) is 5.81. The van der Waals surface area contributed by atoms with Crippen LogP contribution >= 0.6 is 0 Å². The molecule has 0 saturated carbocycles. The molecule has 0 unspecified atom stereocenters. The average Bonchev–Trinajstić information content (AvgIpc) is 3.04. The smallest absolute Gasteiger partial charge is 0.144 e. The van der Waals surface area contributed by atoms with E-state index in [1.54, 1.807) is 0 Å². The van der Waals surface area contributed by atoms with Gasteiger partial charge in [0.2, 0.25) is 0 Å². The van der Waals surface area contributed by atoms with E-state index in [2.05, 4.69) is 24.6 Å². The van der Waals surface area contributed by atoms with E-state index >= 15 is 0 Å². The molecule has 0 bridgehead atoms. The molecule has 0 aliphatic rings. The lowest BCUT2D eigenvalue weighted by Crippen LogP contribution is -2.37. The normalized spacial score (nSPS) is 16.8. The van der Waals surface area contributed by atoms with Gasteiger partial charge >= 0.3 is 0 Å². The van der Waals surface area contributed by atoms with E-state index in [-0.39, 0.29) is 16.8 Å². The van der Waals surface area contributed by atoms with E-state index in [0.29, 0.717) is 11.1 Å². The molecule has 0 saturated heterocycles. The minimum atomic E-state index is -2.53. The molecule has 0 spiro atoms. The predicted molar refractivity (Wildman–Crippen MR) is 109 cm³/mol. The molecule has 0 atom stereocenters. The van der Waals surface area contributed by atoms with Gasteiger partial charge in [0.1, 0.15) is 11.2 Å². The zero-order chi connectivity index (χ0) is 22.8. The first-order chi connectivity index (χ1) is 14.3. The monoisotopic (exact) mass is 351 g/mol. The number of benzene rings is 2. The Morgan fingerprint density at radius 3 is 2.64 bits per heavy atom. The fourth-order valence-corrected chi connectivity index (χ4v) is 4.90. The molecule has 3 heteroatoms. The van der Waals surface area contributed by atoms with Crippen LogP contribution in [0.1, 0.15) is 19.4 Å². The summed E-state index contributed by atoms with van der Waals surface area (Å²) in [6, 6.07) is 12.9. The number of fused-ring (bicyclic) bond motifs is 3. The Morgan fingerprint density at radius 1 is 1.04 bits per heavy atom. The maximum absolute atomic E-state index is 8.01. The van der Waals surface area contributed by atoms with Crippen LogP contribution in [0.4, 0.5) is 0 Å². The second-order valence-corrected chi connectivity index (χ2v) is 12.4. The highest BCUT2D eigenvalue weighted by Gasteiger charge is 2.25. The van der Waals surface area contributed by atoms with Crippen LogP contribution in [0.3, 0.4) is 0 Å². The van der Waals surface area contributed by atoms with E-state index in [1.807, 2.05) is 36.4 Å². The highest BCUT2D eigenvalue weighted by Crippen LogP contribution is 2.36. The number of rotatable bonds is 2. The second-order valence-electron chi connectivity index (χ2n) is 7.33. The molecule has 0 fully saturated rings. The fraction of sp³-hybridized carbons (Fsp3) is 0.227. The van der Waals surface area contributed by atoms with Crippen molar-refractivity contribution in [2.75, 3.05) is 0 Å². The molecule has 25 heavy (non-hydrogen) atoms. The Kier molecular flexibility index (Phi) is 2.35. The first-order valence-electron chi connectivity index (χ1n) is 11.2. The highest BCUT2D eigenvalue weighted by molar-refractivity contribution is 6.90. The van der Waals surface area contributed by atoms with E-state index in [0.717, 1.165) is 16.4 Å². The van der Waals surface area contributed by atoms with Crippen LogP contribution < -0.4 is 5.19 Å². The van der Waals surface area contributed by atoms with E-state index in [9.17, 15) is 0 Å². The largest absolute Gasteiger partial charge is 0.455 e. The summed E-state index contributed by atoms with van der Waals surface area (Å²) < 4.78 is 53.2. The van der Waals surface area contributed by atoms with Crippen molar-refractivity contribution in [1.29, 1.82) is 0 Å². The number of para-hydroxylation sites is 1. The van der Waals surface area contributed by atoms with Gasteiger partial charge in [0.25, 0.3) is 0 Å². The van der Waals surface area contributed by atoms with Crippen molar-refractivity contribution in [2.24, 2.45) is 0 Å². The van der Waals surface area contributed by atoms with Gasteiger partial charge in [0, 0.05) is 30.8 Å². The van der Waals surface area contributed by atoms with Gasteiger partial charge in [-0.1, -0.05) is 50.0 Å². The van der Waals surface area contributed by atoms with Gasteiger partial charge in [-0.3, -0.25) is 4.98 Å². The minimum absolute atomic E-state index is 0.0939. The standard InChI is InChI=1S/C22H23NOSi/c1-14-12-15(2)21(23-13-14)17-10-11-19(25(3,4)5)20-16-8-6-7-9-18(16)24-22(17)20/h6-13H,1-5H3/i1D3,2D3. The maximum atomic E-state index is 8.01. The van der Waals surface area contributed by atoms with Crippen LogP contribution in [0.2, 0.25) is 19.6 Å². The van der Waals surface area contributed by atoms with Gasteiger partial charge in [-0.15, -0.1) is 0 Å². The van der Waals surface area contributed by atoms with Crippen LogP contribution in [0, 0.1) is 13.7 Å². The summed E-state index contributed by atoms with van der Waals surface area (Å²) in [5, 5.41) is 3.17. The molecule has 2 heterocycles. The van der Waals surface area contributed by atoms with Crippen LogP contribution in [0.15, 0.2) is 53.1 Å². The Labute approximate surface area is 158 Å². The van der Waals surface area contributed by atoms with Crippen molar-refractivity contribution in [3.8, 4) is 11.3 Å². The van der Waals surface area contributed by atoms with Crippen LogP contribution in [0.25, 0.3) is 33.2 Å². The number of aromatic nitrogens is 1. The zero-order valence-corrected chi connectivity index (χ0v) is 15.5. The molecule has 126 valence electrons. The van der Waals surface area contributed by atoms with Gasteiger partial charge < -0.3 is 4.42 Å². The third kappa shape index (κ3) is 2.59. The number of aryl methyl sites for hydroxylation is 2. The highest BCUT2D eigenvalue weighted by atomic mass is 28.3. The molecule has 0 aliphatic carbocycles. The topological polar surface area (TPSA) is 26.0 Å². The van der Waals surface area contributed by atoms with E-state index in [4.69, 9.17) is 12.6 Å². The summed E-state index contributed by atoms with van der Waals surface area (Å²) >= 11 is 0. The molecule has 4 aromatic rings. The maximum Gasteiger partial charge on any atom is 0.144 e. The number of hydrogen-bond donors (Lipinski definition) is 0. The molecule has 4 rings (SSSR count). The van der Waals surface area contributed by atoms with Crippen LogP contribution in [-0.4, -0.2) is 13.1 Å². The lowest BCUT2D eigenvalue weighted by Gasteiger charge is -2.19. The molecule has 0 aliphatic heterocycles. The van der Waals surface area contributed by atoms with Crippen molar-refractivity contribution >= 4 is 35.2 Å².